The summed E-state index contributed by atoms with van der Waals surface area (Å²) >= 11 is 0. The highest BCUT2D eigenvalue weighted by atomic mass is 16.2. The predicted octanol–water partition coefficient (Wildman–Crippen LogP) is 0.977. The SMILES string of the molecule is CNC(C)c1cccc(NC(=O)NC2CNC(=O)C2)c1. The fraction of sp³-hybridized carbons (Fsp3) is 0.429. The normalized spacial score (nSPS) is 19.3. The lowest BCUT2D eigenvalue weighted by Gasteiger charge is -2.14. The zero-order valence-corrected chi connectivity index (χ0v) is 11.7. The first kappa shape index (κ1) is 14.3. The van der Waals surface area contributed by atoms with Crippen LogP contribution in [-0.4, -0.2) is 31.6 Å². The Morgan fingerprint density at radius 2 is 2.25 bits per heavy atom. The smallest absolute Gasteiger partial charge is 0.319 e. The second-order valence-electron chi connectivity index (χ2n) is 4.94. The second-order valence-corrected chi connectivity index (χ2v) is 4.94. The molecule has 0 aliphatic carbocycles. The molecule has 1 fully saturated rings. The molecule has 0 spiro atoms. The molecule has 1 aliphatic heterocycles. The molecule has 1 aromatic carbocycles. The lowest BCUT2D eigenvalue weighted by Crippen LogP contribution is -2.39. The summed E-state index contributed by atoms with van der Waals surface area (Å²) in [5.74, 6) is -0.0276. The first-order chi connectivity index (χ1) is 9.58. The predicted molar refractivity (Wildman–Crippen MR) is 77.5 cm³/mol. The molecule has 1 saturated heterocycles. The number of hydrogen-bond donors (Lipinski definition) is 4. The molecule has 2 unspecified atom stereocenters. The quantitative estimate of drug-likeness (QED) is 0.661. The maximum atomic E-state index is 11.8. The van der Waals surface area contributed by atoms with Crippen LogP contribution in [0.5, 0.6) is 0 Å². The van der Waals surface area contributed by atoms with Gasteiger partial charge in [0.15, 0.2) is 0 Å². The van der Waals surface area contributed by atoms with Gasteiger partial charge < -0.3 is 21.3 Å². The highest BCUT2D eigenvalue weighted by Gasteiger charge is 2.22. The van der Waals surface area contributed by atoms with Gasteiger partial charge in [-0.3, -0.25) is 4.79 Å². The van der Waals surface area contributed by atoms with Crippen molar-refractivity contribution in [3.05, 3.63) is 29.8 Å². The Kier molecular flexibility index (Phi) is 4.57. The summed E-state index contributed by atoms with van der Waals surface area (Å²) in [4.78, 5) is 22.9. The first-order valence-electron chi connectivity index (χ1n) is 6.70. The maximum absolute atomic E-state index is 11.8. The van der Waals surface area contributed by atoms with E-state index >= 15 is 0 Å². The van der Waals surface area contributed by atoms with Gasteiger partial charge in [-0.25, -0.2) is 4.79 Å². The van der Waals surface area contributed by atoms with Crippen molar-refractivity contribution in [2.75, 3.05) is 18.9 Å². The van der Waals surface area contributed by atoms with E-state index < -0.39 is 0 Å². The van der Waals surface area contributed by atoms with E-state index in [9.17, 15) is 9.59 Å². The fourth-order valence-corrected chi connectivity index (χ4v) is 2.11. The molecule has 0 aromatic heterocycles. The standard InChI is InChI=1S/C14H20N4O2/c1-9(15-2)10-4-3-5-11(6-10)17-14(20)18-12-7-13(19)16-8-12/h3-6,9,12,15H,7-8H2,1-2H3,(H,16,19)(H2,17,18,20). The summed E-state index contributed by atoms with van der Waals surface area (Å²) in [7, 11) is 1.89. The largest absolute Gasteiger partial charge is 0.354 e. The van der Waals surface area contributed by atoms with Gasteiger partial charge in [0.1, 0.15) is 0 Å². The third-order valence-corrected chi connectivity index (χ3v) is 3.39. The molecule has 2 rings (SSSR count). The Balaban J connectivity index is 1.92. The summed E-state index contributed by atoms with van der Waals surface area (Å²) in [5.41, 5.74) is 1.84. The molecule has 0 bridgehead atoms. The number of carbonyl (C=O) groups is 2. The molecule has 0 saturated carbocycles. The molecular formula is C14H20N4O2. The van der Waals surface area contributed by atoms with Crippen molar-refractivity contribution >= 4 is 17.6 Å². The molecule has 3 amide bonds. The molecular weight excluding hydrogens is 256 g/mol. The van der Waals surface area contributed by atoms with Crippen LogP contribution < -0.4 is 21.3 Å². The van der Waals surface area contributed by atoms with Crippen molar-refractivity contribution in [2.45, 2.75) is 25.4 Å². The van der Waals surface area contributed by atoms with E-state index in [0.29, 0.717) is 13.0 Å². The van der Waals surface area contributed by atoms with Gasteiger partial charge in [0.2, 0.25) is 5.91 Å². The van der Waals surface area contributed by atoms with Crippen molar-refractivity contribution in [1.82, 2.24) is 16.0 Å². The van der Waals surface area contributed by atoms with Crippen molar-refractivity contribution in [1.29, 1.82) is 0 Å². The van der Waals surface area contributed by atoms with Crippen LogP contribution >= 0.6 is 0 Å². The highest BCUT2D eigenvalue weighted by molar-refractivity contribution is 5.90. The molecule has 1 heterocycles. The van der Waals surface area contributed by atoms with Crippen LogP contribution in [0.15, 0.2) is 24.3 Å². The van der Waals surface area contributed by atoms with E-state index in [0.717, 1.165) is 11.3 Å². The van der Waals surface area contributed by atoms with Gasteiger partial charge in [-0.15, -0.1) is 0 Å². The third-order valence-electron chi connectivity index (χ3n) is 3.39. The van der Waals surface area contributed by atoms with Crippen LogP contribution in [0, 0.1) is 0 Å². The van der Waals surface area contributed by atoms with E-state index in [1.165, 1.54) is 0 Å². The first-order valence-corrected chi connectivity index (χ1v) is 6.70. The summed E-state index contributed by atoms with van der Waals surface area (Å²) in [6.07, 6.45) is 0.338. The minimum atomic E-state index is -0.291. The van der Waals surface area contributed by atoms with Crippen LogP contribution in [0.25, 0.3) is 0 Å². The van der Waals surface area contributed by atoms with Gasteiger partial charge in [0, 0.05) is 24.7 Å². The van der Waals surface area contributed by atoms with Crippen LogP contribution in [-0.2, 0) is 4.79 Å². The lowest BCUT2D eigenvalue weighted by molar-refractivity contribution is -0.119. The maximum Gasteiger partial charge on any atom is 0.319 e. The number of carbonyl (C=O) groups excluding carboxylic acids is 2. The molecule has 108 valence electrons. The number of nitrogens with one attached hydrogen (secondary N) is 4. The lowest BCUT2D eigenvalue weighted by atomic mass is 10.1. The van der Waals surface area contributed by atoms with E-state index in [1.54, 1.807) is 0 Å². The van der Waals surface area contributed by atoms with E-state index in [-0.39, 0.29) is 24.0 Å². The Bertz CT molecular complexity index is 504. The van der Waals surface area contributed by atoms with E-state index in [4.69, 9.17) is 0 Å². The molecule has 2 atom stereocenters. The second kappa shape index (κ2) is 6.38. The summed E-state index contributed by atoms with van der Waals surface area (Å²) < 4.78 is 0. The Morgan fingerprint density at radius 1 is 1.45 bits per heavy atom. The molecule has 1 aromatic rings. The monoisotopic (exact) mass is 276 g/mol. The average molecular weight is 276 g/mol. The number of rotatable bonds is 4. The fourth-order valence-electron chi connectivity index (χ4n) is 2.11. The van der Waals surface area contributed by atoms with Gasteiger partial charge in [0.05, 0.1) is 6.04 Å². The minimum absolute atomic E-state index is 0.0276. The number of urea groups is 1. The summed E-state index contributed by atoms with van der Waals surface area (Å²) in [6, 6.07) is 7.46. The van der Waals surface area contributed by atoms with Crippen LogP contribution in [0.2, 0.25) is 0 Å². The average Bonchev–Trinajstić information content (AvgIpc) is 2.83. The number of benzene rings is 1. The Morgan fingerprint density at radius 3 is 2.90 bits per heavy atom. The molecule has 6 heteroatoms. The molecule has 6 nitrogen and oxygen atoms in total. The Labute approximate surface area is 118 Å². The van der Waals surface area contributed by atoms with Crippen LogP contribution in [0.3, 0.4) is 0 Å². The molecule has 4 N–H and O–H groups in total. The molecule has 20 heavy (non-hydrogen) atoms. The molecule has 0 radical (unpaired) electrons. The number of amides is 3. The Hall–Kier alpha value is -2.08. The van der Waals surface area contributed by atoms with Crippen molar-refractivity contribution in [3.63, 3.8) is 0 Å². The van der Waals surface area contributed by atoms with Gasteiger partial charge in [-0.05, 0) is 31.7 Å². The topological polar surface area (TPSA) is 82.3 Å². The highest BCUT2D eigenvalue weighted by Crippen LogP contribution is 2.16. The minimum Gasteiger partial charge on any atom is -0.354 e. The van der Waals surface area contributed by atoms with Crippen molar-refractivity contribution in [2.24, 2.45) is 0 Å². The summed E-state index contributed by atoms with van der Waals surface area (Å²) in [5, 5.41) is 11.4. The number of anilines is 1. The molecule has 1 aliphatic rings. The van der Waals surface area contributed by atoms with Crippen LogP contribution in [0.1, 0.15) is 24.9 Å². The zero-order chi connectivity index (χ0) is 14.5. The number of hydrogen-bond acceptors (Lipinski definition) is 3. The van der Waals surface area contributed by atoms with E-state index in [1.807, 2.05) is 31.3 Å². The van der Waals surface area contributed by atoms with Gasteiger partial charge >= 0.3 is 6.03 Å². The van der Waals surface area contributed by atoms with Gasteiger partial charge in [-0.1, -0.05) is 12.1 Å². The van der Waals surface area contributed by atoms with Crippen molar-refractivity contribution < 1.29 is 9.59 Å². The third kappa shape index (κ3) is 3.71. The van der Waals surface area contributed by atoms with Crippen LogP contribution in [0.4, 0.5) is 10.5 Å². The van der Waals surface area contributed by atoms with E-state index in [2.05, 4.69) is 28.2 Å². The van der Waals surface area contributed by atoms with Crippen molar-refractivity contribution in [3.8, 4) is 0 Å². The summed E-state index contributed by atoms with van der Waals surface area (Å²) in [6.45, 7) is 2.54. The van der Waals surface area contributed by atoms with Gasteiger partial charge in [0.25, 0.3) is 0 Å². The zero-order valence-electron chi connectivity index (χ0n) is 11.7. The van der Waals surface area contributed by atoms with Gasteiger partial charge in [-0.2, -0.15) is 0 Å².